The van der Waals surface area contributed by atoms with Crippen LogP contribution in [-0.2, 0) is 24.8 Å². The van der Waals surface area contributed by atoms with Crippen LogP contribution in [0.4, 0.5) is 21.7 Å². The topological polar surface area (TPSA) is 138 Å². The molecular formula is C21H22FN5O5S2. The fraction of sp³-hybridized carbons (Fsp3) is 0.190. The highest BCUT2D eigenvalue weighted by Gasteiger charge is 2.22. The van der Waals surface area contributed by atoms with Gasteiger partial charge in [0.25, 0.3) is 10.0 Å². The highest BCUT2D eigenvalue weighted by molar-refractivity contribution is 7.92. The summed E-state index contributed by atoms with van der Waals surface area (Å²) in [7, 11) is -7.86. The number of amides is 1. The summed E-state index contributed by atoms with van der Waals surface area (Å²) in [5.41, 5.74) is 1.44. The lowest BCUT2D eigenvalue weighted by atomic mass is 10.3. The molecular weight excluding hydrogens is 485 g/mol. The smallest absolute Gasteiger partial charge is 0.264 e. The second kappa shape index (κ2) is 9.73. The zero-order valence-electron chi connectivity index (χ0n) is 18.5. The summed E-state index contributed by atoms with van der Waals surface area (Å²) in [6, 6.07) is 11.8. The number of hydrogen-bond donors (Lipinski definition) is 2. The highest BCUT2D eigenvalue weighted by Crippen LogP contribution is 2.20. The van der Waals surface area contributed by atoms with Crippen LogP contribution in [0.1, 0.15) is 11.4 Å². The zero-order chi connectivity index (χ0) is 25.1. The Morgan fingerprint density at radius 3 is 2.15 bits per heavy atom. The number of anilines is 3. The Labute approximate surface area is 197 Å². The van der Waals surface area contributed by atoms with Crippen molar-refractivity contribution in [2.45, 2.75) is 18.7 Å². The lowest BCUT2D eigenvalue weighted by molar-refractivity contribution is -0.114. The number of aromatic nitrogens is 2. The van der Waals surface area contributed by atoms with Gasteiger partial charge in [-0.05, 0) is 62.4 Å². The summed E-state index contributed by atoms with van der Waals surface area (Å²) in [5.74, 6) is -1.41. The van der Waals surface area contributed by atoms with E-state index in [-0.39, 0.29) is 22.2 Å². The van der Waals surface area contributed by atoms with Crippen molar-refractivity contribution in [2.24, 2.45) is 0 Å². The first-order chi connectivity index (χ1) is 15.8. The first-order valence-corrected chi connectivity index (χ1v) is 13.1. The van der Waals surface area contributed by atoms with Gasteiger partial charge >= 0.3 is 0 Å². The van der Waals surface area contributed by atoms with Gasteiger partial charge in [-0.15, -0.1) is 0 Å². The zero-order valence-corrected chi connectivity index (χ0v) is 20.1. The maximum atomic E-state index is 13.5. The number of carbonyl (C=O) groups excluding carboxylic acids is 1. The van der Waals surface area contributed by atoms with Crippen LogP contribution in [0.3, 0.4) is 0 Å². The molecule has 0 unspecified atom stereocenters. The van der Waals surface area contributed by atoms with Crippen molar-refractivity contribution < 1.29 is 26.0 Å². The second-order valence-corrected chi connectivity index (χ2v) is 11.0. The SMILES string of the molecule is Cc1cc(C)nc(NS(=O)(=O)c2ccc(NC(=O)CN(c3cccc(F)c3)S(C)(=O)=O)cc2)n1. The summed E-state index contributed by atoms with van der Waals surface area (Å²) in [6.45, 7) is 2.82. The van der Waals surface area contributed by atoms with E-state index in [9.17, 15) is 26.0 Å². The Bertz CT molecular complexity index is 1410. The van der Waals surface area contributed by atoms with E-state index in [0.29, 0.717) is 11.4 Å². The van der Waals surface area contributed by atoms with Crippen molar-refractivity contribution in [3.63, 3.8) is 0 Å². The Morgan fingerprint density at radius 1 is 0.971 bits per heavy atom. The van der Waals surface area contributed by atoms with Crippen LogP contribution in [0.15, 0.2) is 59.5 Å². The molecule has 0 spiro atoms. The third-order valence-corrected chi connectivity index (χ3v) is 6.92. The third kappa shape index (κ3) is 6.48. The molecule has 0 radical (unpaired) electrons. The summed E-state index contributed by atoms with van der Waals surface area (Å²) in [6.07, 6.45) is 0.900. The van der Waals surface area contributed by atoms with Crippen LogP contribution in [0, 0.1) is 19.7 Å². The van der Waals surface area contributed by atoms with Crippen LogP contribution in [0.2, 0.25) is 0 Å². The summed E-state index contributed by atoms with van der Waals surface area (Å²) >= 11 is 0. The molecule has 1 heterocycles. The molecule has 1 amide bonds. The van der Waals surface area contributed by atoms with Crippen LogP contribution >= 0.6 is 0 Å². The van der Waals surface area contributed by atoms with E-state index in [1.165, 1.54) is 36.4 Å². The van der Waals surface area contributed by atoms with Gasteiger partial charge in [0, 0.05) is 17.1 Å². The summed E-state index contributed by atoms with van der Waals surface area (Å²) in [5, 5.41) is 2.49. The Hall–Kier alpha value is -3.58. The van der Waals surface area contributed by atoms with Crippen molar-refractivity contribution in [2.75, 3.05) is 27.1 Å². The normalized spacial score (nSPS) is 11.6. The molecule has 3 aromatic rings. The molecule has 34 heavy (non-hydrogen) atoms. The minimum Gasteiger partial charge on any atom is -0.325 e. The minimum absolute atomic E-state index is 0.00114. The van der Waals surface area contributed by atoms with Gasteiger partial charge in [0.05, 0.1) is 16.8 Å². The van der Waals surface area contributed by atoms with E-state index in [4.69, 9.17) is 0 Å². The number of hydrogen-bond acceptors (Lipinski definition) is 7. The average Bonchev–Trinajstić information content (AvgIpc) is 2.70. The van der Waals surface area contributed by atoms with E-state index in [1.54, 1.807) is 19.9 Å². The molecule has 0 fully saturated rings. The number of benzene rings is 2. The van der Waals surface area contributed by atoms with E-state index in [2.05, 4.69) is 20.0 Å². The molecule has 1 aromatic heterocycles. The van der Waals surface area contributed by atoms with Crippen LogP contribution in [0.5, 0.6) is 0 Å². The minimum atomic E-state index is -3.98. The molecule has 0 saturated carbocycles. The molecule has 2 N–H and O–H groups in total. The van der Waals surface area contributed by atoms with Gasteiger partial charge in [-0.1, -0.05) is 6.07 Å². The Morgan fingerprint density at radius 2 is 1.59 bits per heavy atom. The number of nitrogens with one attached hydrogen (secondary N) is 2. The first kappa shape index (κ1) is 25.1. The quantitative estimate of drug-likeness (QED) is 0.477. The lowest BCUT2D eigenvalue weighted by Gasteiger charge is -2.22. The number of nitrogens with zero attached hydrogens (tertiary/aromatic N) is 3. The lowest BCUT2D eigenvalue weighted by Crippen LogP contribution is -2.37. The van der Waals surface area contributed by atoms with Crippen molar-refractivity contribution in [3.8, 4) is 0 Å². The second-order valence-electron chi connectivity index (χ2n) is 7.40. The maximum Gasteiger partial charge on any atom is 0.264 e. The highest BCUT2D eigenvalue weighted by atomic mass is 32.2. The van der Waals surface area contributed by atoms with Gasteiger partial charge in [-0.2, -0.15) is 0 Å². The van der Waals surface area contributed by atoms with Gasteiger partial charge in [-0.3, -0.25) is 9.10 Å². The molecule has 0 bridgehead atoms. The van der Waals surface area contributed by atoms with Gasteiger partial charge < -0.3 is 5.32 Å². The molecule has 3 rings (SSSR count). The van der Waals surface area contributed by atoms with Crippen LogP contribution in [0.25, 0.3) is 0 Å². The fourth-order valence-corrected chi connectivity index (χ4v) is 4.82. The predicted octanol–water partition coefficient (Wildman–Crippen LogP) is 2.44. The molecule has 0 aliphatic heterocycles. The van der Waals surface area contributed by atoms with Gasteiger partial charge in [-0.25, -0.2) is 35.9 Å². The number of aryl methyl sites for hydroxylation is 2. The Balaban J connectivity index is 1.72. The average molecular weight is 508 g/mol. The van der Waals surface area contributed by atoms with Crippen molar-refractivity contribution in [1.82, 2.24) is 9.97 Å². The molecule has 13 heteroatoms. The predicted molar refractivity (Wildman–Crippen MR) is 126 cm³/mol. The van der Waals surface area contributed by atoms with Crippen molar-refractivity contribution in [3.05, 3.63) is 71.8 Å². The first-order valence-electron chi connectivity index (χ1n) is 9.82. The molecule has 180 valence electrons. The van der Waals surface area contributed by atoms with Crippen LogP contribution in [-0.4, -0.2) is 45.5 Å². The monoisotopic (exact) mass is 507 g/mol. The molecule has 0 aliphatic rings. The standard InChI is InChI=1S/C21H22FN5O5S2/c1-14-11-15(2)24-21(23-14)26-34(31,32)19-9-7-17(8-10-19)25-20(28)13-27(33(3,29)30)18-6-4-5-16(22)12-18/h4-12H,13H2,1-3H3,(H,25,28)(H,23,24,26). The number of halogens is 1. The third-order valence-electron chi connectivity index (χ3n) is 4.44. The summed E-state index contributed by atoms with van der Waals surface area (Å²) < 4.78 is 66.1. The molecule has 2 aromatic carbocycles. The van der Waals surface area contributed by atoms with Crippen LogP contribution < -0.4 is 14.3 Å². The molecule has 0 saturated heterocycles. The van der Waals surface area contributed by atoms with Gasteiger partial charge in [0.1, 0.15) is 12.4 Å². The fourth-order valence-electron chi connectivity index (χ4n) is 3.03. The van der Waals surface area contributed by atoms with Gasteiger partial charge in [0.15, 0.2) is 0 Å². The Kier molecular flexibility index (Phi) is 7.17. The van der Waals surface area contributed by atoms with Crippen molar-refractivity contribution in [1.29, 1.82) is 0 Å². The number of sulfonamides is 2. The number of rotatable bonds is 8. The van der Waals surface area contributed by atoms with E-state index >= 15 is 0 Å². The summed E-state index contributed by atoms with van der Waals surface area (Å²) in [4.78, 5) is 20.5. The van der Waals surface area contributed by atoms with E-state index in [0.717, 1.165) is 22.7 Å². The van der Waals surface area contributed by atoms with E-state index < -0.39 is 38.3 Å². The van der Waals surface area contributed by atoms with Crippen molar-refractivity contribution >= 4 is 43.3 Å². The molecule has 0 atom stereocenters. The number of carbonyl (C=O) groups is 1. The van der Waals surface area contributed by atoms with E-state index in [1.807, 2.05) is 0 Å². The largest absolute Gasteiger partial charge is 0.325 e. The molecule has 0 aliphatic carbocycles. The van der Waals surface area contributed by atoms with Gasteiger partial charge in [0.2, 0.25) is 21.9 Å². The maximum absolute atomic E-state index is 13.5. The molecule has 10 nitrogen and oxygen atoms in total.